The predicted molar refractivity (Wildman–Crippen MR) is 90.0 cm³/mol. The zero-order chi connectivity index (χ0) is 17.5. The van der Waals surface area contributed by atoms with Crippen LogP contribution in [0.5, 0.6) is 0 Å². The average molecular weight is 348 g/mol. The summed E-state index contributed by atoms with van der Waals surface area (Å²) in [6, 6.07) is 11.0. The molecule has 0 saturated carbocycles. The Morgan fingerprint density at radius 3 is 2.25 bits per heavy atom. The van der Waals surface area contributed by atoms with Crippen LogP contribution >= 0.6 is 0 Å². The van der Waals surface area contributed by atoms with E-state index in [4.69, 9.17) is 0 Å². The first kappa shape index (κ1) is 16.4. The number of halogens is 1. The van der Waals surface area contributed by atoms with Gasteiger partial charge < -0.3 is 4.90 Å². The van der Waals surface area contributed by atoms with E-state index in [1.165, 1.54) is 21.3 Å². The molecule has 2 aromatic rings. The van der Waals surface area contributed by atoms with Crippen molar-refractivity contribution in [2.45, 2.75) is 24.3 Å². The van der Waals surface area contributed by atoms with E-state index >= 15 is 0 Å². The highest BCUT2D eigenvalue weighted by Crippen LogP contribution is 2.37. The number of anilines is 2. The Morgan fingerprint density at radius 2 is 1.62 bits per heavy atom. The zero-order valence-electron chi connectivity index (χ0n) is 13.3. The highest BCUT2D eigenvalue weighted by molar-refractivity contribution is 7.92. The molecule has 0 aliphatic carbocycles. The van der Waals surface area contributed by atoms with Crippen LogP contribution in [0.15, 0.2) is 53.4 Å². The van der Waals surface area contributed by atoms with E-state index in [2.05, 4.69) is 0 Å². The summed E-state index contributed by atoms with van der Waals surface area (Å²) < 4.78 is 40.6. The van der Waals surface area contributed by atoms with Gasteiger partial charge in [0, 0.05) is 13.5 Å². The number of para-hydroxylation sites is 2. The van der Waals surface area contributed by atoms with Gasteiger partial charge in [-0.3, -0.25) is 9.10 Å². The van der Waals surface area contributed by atoms with Gasteiger partial charge in [0.15, 0.2) is 0 Å². The van der Waals surface area contributed by atoms with Gasteiger partial charge in [0.25, 0.3) is 10.0 Å². The van der Waals surface area contributed by atoms with E-state index in [1.54, 1.807) is 38.2 Å². The summed E-state index contributed by atoms with van der Waals surface area (Å²) in [5.41, 5.74) is 0.959. The molecular formula is C17H17FN2O3S. The molecule has 0 fully saturated rings. The van der Waals surface area contributed by atoms with Crippen molar-refractivity contribution in [2.24, 2.45) is 0 Å². The van der Waals surface area contributed by atoms with Crippen LogP contribution in [0.25, 0.3) is 0 Å². The lowest BCUT2D eigenvalue weighted by molar-refractivity contribution is -0.118. The fourth-order valence-electron chi connectivity index (χ4n) is 2.86. The number of carbonyl (C=O) groups is 1. The summed E-state index contributed by atoms with van der Waals surface area (Å²) in [7, 11) is -2.30. The second-order valence-electron chi connectivity index (χ2n) is 5.75. The Kier molecular flexibility index (Phi) is 4.04. The van der Waals surface area contributed by atoms with Gasteiger partial charge in [0.1, 0.15) is 5.82 Å². The minimum atomic E-state index is -3.92. The lowest BCUT2D eigenvalue weighted by Gasteiger charge is -2.29. The maximum absolute atomic E-state index is 13.1. The third-order valence-electron chi connectivity index (χ3n) is 4.10. The number of hydrogen-bond acceptors (Lipinski definition) is 3. The maximum atomic E-state index is 13.1. The fourth-order valence-corrected chi connectivity index (χ4v) is 4.53. The number of nitrogens with zero attached hydrogens (tertiary/aromatic N) is 2. The molecule has 0 aromatic heterocycles. The van der Waals surface area contributed by atoms with Crippen LogP contribution < -0.4 is 9.21 Å². The van der Waals surface area contributed by atoms with E-state index < -0.39 is 21.9 Å². The zero-order valence-corrected chi connectivity index (χ0v) is 14.1. The van der Waals surface area contributed by atoms with Gasteiger partial charge >= 0.3 is 0 Å². The summed E-state index contributed by atoms with van der Waals surface area (Å²) in [5.74, 6) is -0.667. The average Bonchev–Trinajstić information content (AvgIpc) is 2.63. The van der Waals surface area contributed by atoms with Crippen molar-refractivity contribution >= 4 is 27.3 Å². The second kappa shape index (κ2) is 5.90. The van der Waals surface area contributed by atoms with Gasteiger partial charge in [-0.2, -0.15) is 0 Å². The van der Waals surface area contributed by atoms with Crippen LogP contribution in [-0.4, -0.2) is 27.4 Å². The van der Waals surface area contributed by atoms with Crippen LogP contribution in [0.3, 0.4) is 0 Å². The molecular weight excluding hydrogens is 331 g/mol. The minimum Gasteiger partial charge on any atom is -0.313 e. The fraction of sp³-hybridized carbons (Fsp3) is 0.235. The van der Waals surface area contributed by atoms with E-state index in [1.807, 2.05) is 0 Å². The molecule has 5 nitrogen and oxygen atoms in total. The van der Waals surface area contributed by atoms with Crippen molar-refractivity contribution in [1.29, 1.82) is 0 Å². The standard InChI is InChI=1S/C17H17FN2O3S/c1-12-11-17(21)19(2)15-5-3-4-6-16(15)20(12)24(22,23)14-9-7-13(18)8-10-14/h3-10,12H,11H2,1-2H3/t12-/m0/s1. The topological polar surface area (TPSA) is 57.7 Å². The van der Waals surface area contributed by atoms with E-state index in [0.29, 0.717) is 11.4 Å². The summed E-state index contributed by atoms with van der Waals surface area (Å²) in [6.07, 6.45) is 0.0611. The largest absolute Gasteiger partial charge is 0.313 e. The number of fused-ring (bicyclic) bond motifs is 1. The molecule has 1 aliphatic heterocycles. The molecule has 0 saturated heterocycles. The lowest BCUT2D eigenvalue weighted by Crippen LogP contribution is -2.39. The molecule has 1 aliphatic rings. The lowest BCUT2D eigenvalue weighted by atomic mass is 10.2. The Hall–Kier alpha value is -2.41. The first-order valence-electron chi connectivity index (χ1n) is 7.48. The van der Waals surface area contributed by atoms with Gasteiger partial charge in [-0.1, -0.05) is 12.1 Å². The molecule has 1 heterocycles. The van der Waals surface area contributed by atoms with Crippen LogP contribution in [0, 0.1) is 5.82 Å². The van der Waals surface area contributed by atoms with Crippen LogP contribution in [0.2, 0.25) is 0 Å². The highest BCUT2D eigenvalue weighted by atomic mass is 32.2. The number of benzene rings is 2. The highest BCUT2D eigenvalue weighted by Gasteiger charge is 2.36. The summed E-state index contributed by atoms with van der Waals surface area (Å²) in [6.45, 7) is 1.69. The normalized spacial score (nSPS) is 18.3. The van der Waals surface area contributed by atoms with Crippen molar-refractivity contribution in [1.82, 2.24) is 0 Å². The first-order valence-corrected chi connectivity index (χ1v) is 8.92. The summed E-state index contributed by atoms with van der Waals surface area (Å²) >= 11 is 0. The number of carbonyl (C=O) groups excluding carboxylic acids is 1. The van der Waals surface area contributed by atoms with Gasteiger partial charge in [0.05, 0.1) is 22.3 Å². The molecule has 0 unspecified atom stereocenters. The van der Waals surface area contributed by atoms with Crippen molar-refractivity contribution < 1.29 is 17.6 Å². The van der Waals surface area contributed by atoms with E-state index in [9.17, 15) is 17.6 Å². The Balaban J connectivity index is 2.20. The van der Waals surface area contributed by atoms with Crippen molar-refractivity contribution in [2.75, 3.05) is 16.3 Å². The smallest absolute Gasteiger partial charge is 0.264 e. The molecule has 126 valence electrons. The molecule has 0 spiro atoms. The van der Waals surface area contributed by atoms with E-state index in [-0.39, 0.29) is 17.2 Å². The number of rotatable bonds is 2. The second-order valence-corrected chi connectivity index (χ2v) is 7.56. The summed E-state index contributed by atoms with van der Waals surface area (Å²) in [4.78, 5) is 13.7. The molecule has 24 heavy (non-hydrogen) atoms. The molecule has 7 heteroatoms. The van der Waals surface area contributed by atoms with E-state index in [0.717, 1.165) is 12.1 Å². The Bertz CT molecular complexity index is 881. The first-order chi connectivity index (χ1) is 11.3. The van der Waals surface area contributed by atoms with Gasteiger partial charge in [-0.05, 0) is 43.3 Å². The van der Waals surface area contributed by atoms with Crippen molar-refractivity contribution in [3.05, 3.63) is 54.3 Å². The predicted octanol–water partition coefficient (Wildman–Crippen LogP) is 2.78. The van der Waals surface area contributed by atoms with Gasteiger partial charge in [0.2, 0.25) is 5.91 Å². The number of sulfonamides is 1. The molecule has 2 aromatic carbocycles. The third-order valence-corrected chi connectivity index (χ3v) is 6.04. The van der Waals surface area contributed by atoms with Crippen molar-refractivity contribution in [3.8, 4) is 0 Å². The number of hydrogen-bond donors (Lipinski definition) is 0. The molecule has 0 radical (unpaired) electrons. The molecule has 1 atom stereocenters. The number of amides is 1. The van der Waals surface area contributed by atoms with Crippen LogP contribution in [-0.2, 0) is 14.8 Å². The Morgan fingerprint density at radius 1 is 1.04 bits per heavy atom. The monoisotopic (exact) mass is 348 g/mol. The SMILES string of the molecule is C[C@H]1CC(=O)N(C)c2ccccc2N1S(=O)(=O)c1ccc(F)cc1. The van der Waals surface area contributed by atoms with Gasteiger partial charge in [-0.25, -0.2) is 12.8 Å². The minimum absolute atomic E-state index is 0.0115. The summed E-state index contributed by atoms with van der Waals surface area (Å²) in [5, 5.41) is 0. The van der Waals surface area contributed by atoms with Gasteiger partial charge in [-0.15, -0.1) is 0 Å². The molecule has 3 rings (SSSR count). The molecule has 0 bridgehead atoms. The molecule has 1 amide bonds. The quantitative estimate of drug-likeness (QED) is 0.838. The van der Waals surface area contributed by atoms with Crippen molar-refractivity contribution in [3.63, 3.8) is 0 Å². The molecule has 0 N–H and O–H groups in total. The van der Waals surface area contributed by atoms with Crippen LogP contribution in [0.4, 0.5) is 15.8 Å². The van der Waals surface area contributed by atoms with Crippen LogP contribution in [0.1, 0.15) is 13.3 Å². The maximum Gasteiger partial charge on any atom is 0.264 e. The third kappa shape index (κ3) is 2.65. The Labute approximate surface area is 140 Å².